The van der Waals surface area contributed by atoms with Gasteiger partial charge in [0.05, 0.1) is 35.0 Å². The van der Waals surface area contributed by atoms with Crippen LogP contribution in [0.3, 0.4) is 0 Å². The van der Waals surface area contributed by atoms with Crippen LogP contribution < -0.4 is 14.9 Å². The highest BCUT2D eigenvalue weighted by molar-refractivity contribution is 7.07. The highest BCUT2D eigenvalue weighted by atomic mass is 32.1. The van der Waals surface area contributed by atoms with Crippen molar-refractivity contribution in [3.8, 4) is 0 Å². The maximum absolute atomic E-state index is 14.8. The number of ether oxygens (including phenoxy) is 1. The number of para-hydroxylation sites is 1. The molecule has 49 heavy (non-hydrogen) atoms. The quantitative estimate of drug-likeness (QED) is 0.158. The molecule has 0 amide bonds. The van der Waals surface area contributed by atoms with Gasteiger partial charge in [-0.05, 0) is 49.1 Å². The van der Waals surface area contributed by atoms with E-state index in [-0.39, 0.29) is 18.0 Å². The minimum atomic E-state index is -0.752. The van der Waals surface area contributed by atoms with E-state index >= 15 is 0 Å². The number of thiazole rings is 1. The molecular formula is C41H36FN3O3S. The average molecular weight is 670 g/mol. The van der Waals surface area contributed by atoms with Gasteiger partial charge in [0.15, 0.2) is 4.80 Å². The molecule has 1 atom stereocenters. The van der Waals surface area contributed by atoms with Gasteiger partial charge in [0.2, 0.25) is 0 Å². The van der Waals surface area contributed by atoms with E-state index in [1.54, 1.807) is 23.6 Å². The Labute approximate surface area is 287 Å². The second-order valence-electron chi connectivity index (χ2n) is 12.4. The fourth-order valence-electron chi connectivity index (χ4n) is 6.59. The highest BCUT2D eigenvalue weighted by Gasteiger charge is 2.35. The van der Waals surface area contributed by atoms with Crippen molar-refractivity contribution in [3.05, 3.63) is 168 Å². The van der Waals surface area contributed by atoms with Crippen LogP contribution in [0.25, 0.3) is 22.7 Å². The van der Waals surface area contributed by atoms with Crippen molar-refractivity contribution < 1.29 is 13.9 Å². The molecule has 1 aliphatic heterocycles. The van der Waals surface area contributed by atoms with E-state index in [4.69, 9.17) is 9.73 Å². The summed E-state index contributed by atoms with van der Waals surface area (Å²) in [6.07, 6.45) is 1.91. The molecule has 6 nitrogen and oxygen atoms in total. The van der Waals surface area contributed by atoms with Gasteiger partial charge >= 0.3 is 5.97 Å². The number of hydrogen-bond donors (Lipinski definition) is 0. The van der Waals surface area contributed by atoms with Crippen LogP contribution in [0.4, 0.5) is 4.39 Å². The lowest BCUT2D eigenvalue weighted by Crippen LogP contribution is -2.40. The van der Waals surface area contributed by atoms with Gasteiger partial charge in [-0.2, -0.15) is 0 Å². The van der Waals surface area contributed by atoms with Crippen LogP contribution in [0, 0.1) is 12.7 Å². The van der Waals surface area contributed by atoms with Crippen LogP contribution in [-0.2, 0) is 16.1 Å². The number of aromatic nitrogens is 2. The monoisotopic (exact) mass is 669 g/mol. The van der Waals surface area contributed by atoms with E-state index in [2.05, 4.69) is 30.5 Å². The molecule has 0 fully saturated rings. The van der Waals surface area contributed by atoms with Crippen LogP contribution in [-0.4, -0.2) is 21.7 Å². The Kier molecular flexibility index (Phi) is 8.73. The van der Waals surface area contributed by atoms with Crippen LogP contribution >= 0.6 is 11.3 Å². The average Bonchev–Trinajstić information content (AvgIpc) is 3.57. The molecule has 0 unspecified atom stereocenters. The molecule has 0 saturated heterocycles. The first-order valence-electron chi connectivity index (χ1n) is 16.5. The minimum Gasteiger partial charge on any atom is -0.463 e. The maximum Gasteiger partial charge on any atom is 0.338 e. The van der Waals surface area contributed by atoms with E-state index in [0.717, 1.165) is 38.9 Å². The molecule has 0 radical (unpaired) electrons. The number of halogens is 1. The van der Waals surface area contributed by atoms with Gasteiger partial charge in [-0.1, -0.05) is 116 Å². The van der Waals surface area contributed by atoms with Crippen molar-refractivity contribution >= 4 is 40.0 Å². The van der Waals surface area contributed by atoms with E-state index < -0.39 is 12.0 Å². The number of esters is 1. The minimum absolute atomic E-state index is 0.185. The first kappa shape index (κ1) is 32.2. The molecule has 6 aromatic rings. The number of nitrogens with zero attached hydrogens (tertiary/aromatic N) is 3. The number of fused-ring (bicyclic) bond motifs is 2. The van der Waals surface area contributed by atoms with Crippen molar-refractivity contribution in [1.29, 1.82) is 0 Å². The van der Waals surface area contributed by atoms with E-state index in [0.29, 0.717) is 38.6 Å². The largest absolute Gasteiger partial charge is 0.463 e. The Bertz CT molecular complexity index is 2420. The Morgan fingerprint density at radius 3 is 2.37 bits per heavy atom. The van der Waals surface area contributed by atoms with Gasteiger partial charge in [-0.15, -0.1) is 0 Å². The lowest BCUT2D eigenvalue weighted by molar-refractivity contribution is -0.138. The van der Waals surface area contributed by atoms with Gasteiger partial charge in [0, 0.05) is 33.3 Å². The summed E-state index contributed by atoms with van der Waals surface area (Å²) >= 11 is 1.29. The molecule has 3 heterocycles. The number of benzene rings is 4. The van der Waals surface area contributed by atoms with Gasteiger partial charge in [-0.3, -0.25) is 9.36 Å². The first-order valence-corrected chi connectivity index (χ1v) is 17.3. The molecule has 246 valence electrons. The Balaban J connectivity index is 1.47. The topological polar surface area (TPSA) is 65.6 Å². The molecule has 0 aliphatic carbocycles. The molecule has 0 bridgehead atoms. The fourth-order valence-corrected chi connectivity index (χ4v) is 7.57. The summed E-state index contributed by atoms with van der Waals surface area (Å²) in [6.45, 7) is 8.56. The molecular weight excluding hydrogens is 634 g/mol. The van der Waals surface area contributed by atoms with E-state index in [9.17, 15) is 14.0 Å². The van der Waals surface area contributed by atoms with Gasteiger partial charge < -0.3 is 9.30 Å². The van der Waals surface area contributed by atoms with Crippen molar-refractivity contribution in [2.24, 2.45) is 4.99 Å². The smallest absolute Gasteiger partial charge is 0.338 e. The van der Waals surface area contributed by atoms with Crippen molar-refractivity contribution in [2.75, 3.05) is 6.61 Å². The Morgan fingerprint density at radius 2 is 1.65 bits per heavy atom. The van der Waals surface area contributed by atoms with E-state index in [1.165, 1.54) is 17.4 Å². The molecule has 7 rings (SSSR count). The molecule has 8 heteroatoms. The highest BCUT2D eigenvalue weighted by Crippen LogP contribution is 2.36. The number of rotatable bonds is 8. The summed E-state index contributed by atoms with van der Waals surface area (Å²) in [5.41, 5.74) is 6.59. The molecule has 0 spiro atoms. The van der Waals surface area contributed by atoms with E-state index in [1.807, 2.05) is 85.8 Å². The second-order valence-corrected chi connectivity index (χ2v) is 13.5. The maximum atomic E-state index is 14.8. The predicted molar refractivity (Wildman–Crippen MR) is 194 cm³/mol. The number of hydrogen-bond acceptors (Lipinski definition) is 5. The molecule has 0 N–H and O–H groups in total. The standard InChI is InChI=1S/C41H36FN3O3S/c1-5-48-40(47)36-37(28-13-7-6-8-14-28)43-41-45(38(36)29-21-19-27(20-22-29)25(2)3)39(46)35(49-41)23-32-26(4)44(34-18-12-10-16-31(32)34)24-30-15-9-11-17-33(30)42/h6-23,25,38H,5,24H2,1-4H3/b35-23-/t38-/m0/s1. The molecule has 1 aliphatic rings. The summed E-state index contributed by atoms with van der Waals surface area (Å²) in [6, 6.07) is 31.6. The van der Waals surface area contributed by atoms with Crippen molar-refractivity contribution in [2.45, 2.75) is 46.2 Å². The van der Waals surface area contributed by atoms with Crippen LogP contribution in [0.5, 0.6) is 0 Å². The Morgan fingerprint density at radius 1 is 0.959 bits per heavy atom. The van der Waals surface area contributed by atoms with Gasteiger partial charge in [0.1, 0.15) is 5.82 Å². The van der Waals surface area contributed by atoms with Crippen LogP contribution in [0.1, 0.15) is 66.2 Å². The van der Waals surface area contributed by atoms with Crippen molar-refractivity contribution in [1.82, 2.24) is 9.13 Å². The summed E-state index contributed by atoms with van der Waals surface area (Å²) in [5, 5.41) is 0.959. The fraction of sp³-hybridized carbons (Fsp3) is 0.195. The second kappa shape index (κ2) is 13.3. The molecule has 0 saturated carbocycles. The lowest BCUT2D eigenvalue weighted by atomic mass is 9.91. The normalized spacial score (nSPS) is 14.7. The third-order valence-corrected chi connectivity index (χ3v) is 10.1. The molecule has 4 aromatic carbocycles. The van der Waals surface area contributed by atoms with Gasteiger partial charge in [0.25, 0.3) is 5.56 Å². The van der Waals surface area contributed by atoms with Crippen LogP contribution in [0.2, 0.25) is 0 Å². The third-order valence-electron chi connectivity index (χ3n) is 9.13. The number of carbonyl (C=O) groups is 1. The zero-order chi connectivity index (χ0) is 34.2. The van der Waals surface area contributed by atoms with Gasteiger partial charge in [-0.25, -0.2) is 14.2 Å². The number of carbonyl (C=O) groups excluding carboxylic acids is 1. The SMILES string of the molecule is CCOC(=O)C1=C(c2ccccc2)N=c2s/c(=C\c3c(C)n(Cc4ccccc4F)c4ccccc34)c(=O)n2[C@H]1c1ccc(C(C)C)cc1. The Hall–Kier alpha value is -5.34. The summed E-state index contributed by atoms with van der Waals surface area (Å²) < 4.78 is 24.6. The first-order chi connectivity index (χ1) is 23.8. The summed E-state index contributed by atoms with van der Waals surface area (Å²) in [7, 11) is 0. The lowest BCUT2D eigenvalue weighted by Gasteiger charge is -2.26. The summed E-state index contributed by atoms with van der Waals surface area (Å²) in [5.74, 6) is -0.452. The van der Waals surface area contributed by atoms with Crippen molar-refractivity contribution in [3.63, 3.8) is 0 Å². The van der Waals surface area contributed by atoms with Crippen LogP contribution in [0.15, 0.2) is 118 Å². The zero-order valence-corrected chi connectivity index (χ0v) is 28.6. The summed E-state index contributed by atoms with van der Waals surface area (Å²) in [4.78, 5) is 33.9. The predicted octanol–water partition coefficient (Wildman–Crippen LogP) is 7.51. The third kappa shape index (κ3) is 5.86. The molecule has 2 aromatic heterocycles. The zero-order valence-electron chi connectivity index (χ0n) is 27.8.